The van der Waals surface area contributed by atoms with Gasteiger partial charge in [0.15, 0.2) is 12.3 Å². The maximum atomic E-state index is 12.1. The fourth-order valence-corrected chi connectivity index (χ4v) is 2.82. The van der Waals surface area contributed by atoms with E-state index in [9.17, 15) is 19.2 Å². The van der Waals surface area contributed by atoms with Gasteiger partial charge in [0.2, 0.25) is 0 Å². The monoisotopic (exact) mass is 420 g/mol. The number of nitrogens with one attached hydrogen (secondary N) is 1. The van der Waals surface area contributed by atoms with Crippen molar-refractivity contribution in [1.82, 2.24) is 9.55 Å². The summed E-state index contributed by atoms with van der Waals surface area (Å²) in [5.74, 6) is -1.12. The topological polar surface area (TPSA) is 126 Å². The molecule has 1 aliphatic rings. The lowest BCUT2D eigenvalue weighted by atomic mass is 10.1. The molecule has 2 rings (SSSR count). The van der Waals surface area contributed by atoms with E-state index in [2.05, 4.69) is 20.9 Å². The average molecular weight is 421 g/mol. The Labute approximate surface area is 150 Å². The maximum Gasteiger partial charge on any atom is 0.330 e. The zero-order valence-electron chi connectivity index (χ0n) is 13.7. The van der Waals surface area contributed by atoms with E-state index in [4.69, 9.17) is 18.9 Å². The van der Waals surface area contributed by atoms with Crippen LogP contribution in [0.15, 0.2) is 20.3 Å². The molecule has 4 atom stereocenters. The van der Waals surface area contributed by atoms with Crippen LogP contribution in [-0.2, 0) is 28.5 Å². The van der Waals surface area contributed by atoms with Crippen molar-refractivity contribution in [2.24, 2.45) is 0 Å². The minimum Gasteiger partial charge on any atom is -0.463 e. The molecule has 2 unspecified atom stereocenters. The van der Waals surface area contributed by atoms with E-state index < -0.39 is 47.7 Å². The van der Waals surface area contributed by atoms with Gasteiger partial charge in [0.25, 0.3) is 5.56 Å². The quantitative estimate of drug-likeness (QED) is 0.643. The normalized spacial score (nSPS) is 25.6. The number of hydrogen-bond donors (Lipinski definition) is 1. The second kappa shape index (κ2) is 7.93. The first kappa shape index (κ1) is 19.3. The van der Waals surface area contributed by atoms with Crippen molar-refractivity contribution in [3.05, 3.63) is 31.5 Å². The van der Waals surface area contributed by atoms with Crippen molar-refractivity contribution in [2.45, 2.75) is 38.4 Å². The Morgan fingerprint density at radius 1 is 1.28 bits per heavy atom. The van der Waals surface area contributed by atoms with E-state index in [1.807, 2.05) is 0 Å². The highest BCUT2D eigenvalue weighted by Crippen LogP contribution is 2.33. The summed E-state index contributed by atoms with van der Waals surface area (Å²) >= 11 is 3.03. The second-order valence-electron chi connectivity index (χ2n) is 5.29. The van der Waals surface area contributed by atoms with Crippen molar-refractivity contribution in [3.63, 3.8) is 0 Å². The average Bonchev–Trinajstić information content (AvgIpc) is 2.85. The molecule has 1 saturated heterocycles. The van der Waals surface area contributed by atoms with Gasteiger partial charge in [-0.25, -0.2) is 4.79 Å². The maximum absolute atomic E-state index is 12.1. The van der Waals surface area contributed by atoms with Gasteiger partial charge in [-0.05, 0) is 15.9 Å². The molecule has 1 N–H and O–H groups in total. The third-order valence-electron chi connectivity index (χ3n) is 3.51. The predicted octanol–water partition coefficient (Wildman–Crippen LogP) is -0.294. The van der Waals surface area contributed by atoms with E-state index in [1.54, 1.807) is 0 Å². The van der Waals surface area contributed by atoms with Crippen molar-refractivity contribution in [2.75, 3.05) is 13.7 Å². The van der Waals surface area contributed by atoms with Crippen molar-refractivity contribution >= 4 is 27.9 Å². The minimum absolute atomic E-state index is 0.109. The predicted molar refractivity (Wildman–Crippen MR) is 85.9 cm³/mol. The van der Waals surface area contributed by atoms with Gasteiger partial charge in [0, 0.05) is 27.2 Å². The van der Waals surface area contributed by atoms with Gasteiger partial charge in [-0.15, -0.1) is 0 Å². The van der Waals surface area contributed by atoms with Gasteiger partial charge in [-0.1, -0.05) is 0 Å². The summed E-state index contributed by atoms with van der Waals surface area (Å²) in [4.78, 5) is 48.2. The number of nitrogens with zero attached hydrogens (tertiary/aromatic N) is 1. The number of halogens is 1. The van der Waals surface area contributed by atoms with Crippen molar-refractivity contribution in [3.8, 4) is 0 Å². The van der Waals surface area contributed by atoms with Crippen LogP contribution < -0.4 is 11.2 Å². The highest BCUT2D eigenvalue weighted by atomic mass is 79.9. The lowest BCUT2D eigenvalue weighted by Gasteiger charge is -2.23. The molecule has 0 bridgehead atoms. The van der Waals surface area contributed by atoms with Crippen molar-refractivity contribution < 1.29 is 28.5 Å². The van der Waals surface area contributed by atoms with Crippen LogP contribution in [0.25, 0.3) is 0 Å². The van der Waals surface area contributed by atoms with E-state index in [0.717, 1.165) is 4.57 Å². The van der Waals surface area contributed by atoms with E-state index in [1.165, 1.54) is 27.2 Å². The Balaban J connectivity index is 2.39. The number of aromatic nitrogens is 2. The zero-order chi connectivity index (χ0) is 18.7. The van der Waals surface area contributed by atoms with Crippen molar-refractivity contribution in [1.29, 1.82) is 0 Å². The Morgan fingerprint density at radius 2 is 1.96 bits per heavy atom. The summed E-state index contributed by atoms with van der Waals surface area (Å²) < 4.78 is 22.4. The van der Waals surface area contributed by atoms with Gasteiger partial charge in [0.05, 0.1) is 4.47 Å². The molecular formula is C14H17BrN2O8. The molecule has 1 aromatic heterocycles. The first-order chi connectivity index (χ1) is 11.7. The highest BCUT2D eigenvalue weighted by Gasteiger charge is 2.49. The molecule has 1 aromatic rings. The summed E-state index contributed by atoms with van der Waals surface area (Å²) in [6, 6.07) is 0. The summed E-state index contributed by atoms with van der Waals surface area (Å²) in [5.41, 5.74) is -1.32. The van der Waals surface area contributed by atoms with Gasteiger partial charge >= 0.3 is 17.6 Å². The zero-order valence-corrected chi connectivity index (χ0v) is 15.3. The summed E-state index contributed by atoms with van der Waals surface area (Å²) in [7, 11) is 1.36. The number of carbonyl (C=O) groups is 2. The number of hydrogen-bond acceptors (Lipinski definition) is 8. The molecule has 2 heterocycles. The molecule has 0 spiro atoms. The molecule has 0 radical (unpaired) electrons. The van der Waals surface area contributed by atoms with E-state index >= 15 is 0 Å². The fourth-order valence-electron chi connectivity index (χ4n) is 2.50. The molecule has 1 fully saturated rings. The van der Waals surface area contributed by atoms with Crippen LogP contribution in [0.2, 0.25) is 0 Å². The lowest BCUT2D eigenvalue weighted by molar-refractivity contribution is -0.157. The van der Waals surface area contributed by atoms with Crippen LogP contribution in [-0.4, -0.2) is 53.5 Å². The van der Waals surface area contributed by atoms with E-state index in [-0.39, 0.29) is 11.1 Å². The van der Waals surface area contributed by atoms with Gasteiger partial charge in [-0.2, -0.15) is 0 Å². The number of H-pyrrole nitrogens is 1. The molecule has 10 nitrogen and oxygen atoms in total. The standard InChI is InChI=1S/C14H17BrN2O8/c1-6(18)23-5-9-10(24-7(2)19)11(22-3)13(25-9)17-4-8(15)12(20)16-14(17)21/h4,9-11,13H,5H2,1-3H3,(H,16,20,21)/t9-,10?,11?,13-/m0/s1. The number of esters is 2. The Bertz CT molecular complexity index is 773. The van der Waals surface area contributed by atoms with Crippen LogP contribution in [0, 0.1) is 0 Å². The molecule has 0 saturated carbocycles. The Morgan fingerprint density at radius 3 is 2.52 bits per heavy atom. The van der Waals surface area contributed by atoms with Crippen LogP contribution in [0.1, 0.15) is 20.1 Å². The number of rotatable bonds is 5. The molecule has 0 aliphatic carbocycles. The third kappa shape index (κ3) is 4.35. The number of aromatic amines is 1. The molecule has 1 aliphatic heterocycles. The van der Waals surface area contributed by atoms with Crippen LogP contribution in [0.5, 0.6) is 0 Å². The minimum atomic E-state index is -1.00. The number of methoxy groups -OCH3 is 1. The van der Waals surface area contributed by atoms with Crippen LogP contribution in [0.3, 0.4) is 0 Å². The molecule has 25 heavy (non-hydrogen) atoms. The number of ether oxygens (including phenoxy) is 4. The third-order valence-corrected chi connectivity index (χ3v) is 4.07. The molecular weight excluding hydrogens is 404 g/mol. The molecule has 11 heteroatoms. The van der Waals surface area contributed by atoms with Gasteiger partial charge in [0.1, 0.15) is 18.8 Å². The first-order valence-electron chi connectivity index (χ1n) is 7.24. The second-order valence-corrected chi connectivity index (χ2v) is 6.14. The summed E-state index contributed by atoms with van der Waals surface area (Å²) in [6.07, 6.45) is -2.38. The van der Waals surface area contributed by atoms with Gasteiger partial charge < -0.3 is 18.9 Å². The molecule has 138 valence electrons. The SMILES string of the molecule is COC1C(OC(C)=O)[C@H](COC(C)=O)O[C@@H]1n1cc(Br)c(=O)[nH]c1=O. The molecule has 0 aromatic carbocycles. The first-order valence-corrected chi connectivity index (χ1v) is 8.03. The Kier molecular flexibility index (Phi) is 6.14. The smallest absolute Gasteiger partial charge is 0.330 e. The molecule has 0 amide bonds. The Hall–Kier alpha value is -1.98. The van der Waals surface area contributed by atoms with E-state index in [0.29, 0.717) is 0 Å². The summed E-state index contributed by atoms with van der Waals surface area (Å²) in [6.45, 7) is 2.25. The summed E-state index contributed by atoms with van der Waals surface area (Å²) in [5, 5.41) is 0. The van der Waals surface area contributed by atoms with Gasteiger partial charge in [-0.3, -0.25) is 23.9 Å². The highest BCUT2D eigenvalue weighted by molar-refractivity contribution is 9.10. The largest absolute Gasteiger partial charge is 0.463 e. The fraction of sp³-hybridized carbons (Fsp3) is 0.571. The van der Waals surface area contributed by atoms with Crippen LogP contribution >= 0.6 is 15.9 Å². The van der Waals surface area contributed by atoms with Crippen LogP contribution in [0.4, 0.5) is 0 Å². The number of carbonyl (C=O) groups excluding carboxylic acids is 2. The lowest BCUT2D eigenvalue weighted by Crippen LogP contribution is -2.41.